The van der Waals surface area contributed by atoms with E-state index in [0.717, 1.165) is 5.56 Å². The summed E-state index contributed by atoms with van der Waals surface area (Å²) in [6.45, 7) is 1.84. The van der Waals surface area contributed by atoms with Gasteiger partial charge in [0.2, 0.25) is 0 Å². The van der Waals surface area contributed by atoms with Gasteiger partial charge in [0.05, 0.1) is 6.04 Å². The molecule has 1 unspecified atom stereocenters. The number of H-pyrrole nitrogens is 1. The van der Waals surface area contributed by atoms with Crippen LogP contribution in [0.4, 0.5) is 10.2 Å². The minimum absolute atomic E-state index is 0.200. The Morgan fingerprint density at radius 2 is 2.00 bits per heavy atom. The number of nitrogens with zero attached hydrogens (tertiary/aromatic N) is 1. The van der Waals surface area contributed by atoms with Crippen molar-refractivity contribution in [2.45, 2.75) is 13.0 Å². The minimum atomic E-state index is -0.297. The van der Waals surface area contributed by atoms with Crippen molar-refractivity contribution in [2.24, 2.45) is 0 Å². The Balaban J connectivity index is 2.38. The van der Waals surface area contributed by atoms with E-state index in [1.807, 2.05) is 6.92 Å². The van der Waals surface area contributed by atoms with Crippen LogP contribution in [0.3, 0.4) is 0 Å². The monoisotopic (exact) mass is 221 g/mol. The lowest BCUT2D eigenvalue weighted by Crippen LogP contribution is -2.20. The Hall–Kier alpha value is -2.04. The lowest BCUT2D eigenvalue weighted by Gasteiger charge is -2.12. The Morgan fingerprint density at radius 1 is 1.38 bits per heavy atom. The smallest absolute Gasteiger partial charge is 0.269 e. The highest BCUT2D eigenvalue weighted by molar-refractivity contribution is 5.26. The molecule has 0 aliphatic carbocycles. The van der Waals surface area contributed by atoms with E-state index >= 15 is 0 Å². The second kappa shape index (κ2) is 3.84. The minimum Gasteiger partial charge on any atom is -0.384 e. The first-order valence-electron chi connectivity index (χ1n) is 4.90. The van der Waals surface area contributed by atoms with Crippen LogP contribution in [-0.4, -0.2) is 9.78 Å². The van der Waals surface area contributed by atoms with Crippen molar-refractivity contribution < 1.29 is 4.39 Å². The molecule has 0 fully saturated rings. The third-order valence-electron chi connectivity index (χ3n) is 2.51. The number of hydrogen-bond donors (Lipinski definition) is 2. The fourth-order valence-corrected chi connectivity index (χ4v) is 1.61. The largest absolute Gasteiger partial charge is 0.384 e. The zero-order valence-corrected chi connectivity index (χ0v) is 8.77. The van der Waals surface area contributed by atoms with Gasteiger partial charge in [-0.3, -0.25) is 9.89 Å². The van der Waals surface area contributed by atoms with E-state index in [-0.39, 0.29) is 17.4 Å². The highest BCUT2D eigenvalue weighted by atomic mass is 19.1. The summed E-state index contributed by atoms with van der Waals surface area (Å²) in [4.78, 5) is 11.5. The van der Waals surface area contributed by atoms with Crippen molar-refractivity contribution in [3.63, 3.8) is 0 Å². The molecule has 0 aliphatic rings. The summed E-state index contributed by atoms with van der Waals surface area (Å²) in [5.41, 5.74) is 6.12. The van der Waals surface area contributed by atoms with Gasteiger partial charge in [0.25, 0.3) is 5.56 Å². The quantitative estimate of drug-likeness (QED) is 0.807. The number of hydrogen-bond acceptors (Lipinski definition) is 2. The van der Waals surface area contributed by atoms with Crippen LogP contribution in [0, 0.1) is 5.82 Å². The van der Waals surface area contributed by atoms with Crippen molar-refractivity contribution in [1.29, 1.82) is 0 Å². The van der Waals surface area contributed by atoms with Crippen LogP contribution in [0.25, 0.3) is 0 Å². The lowest BCUT2D eigenvalue weighted by molar-refractivity contribution is 0.547. The Morgan fingerprint density at radius 3 is 2.50 bits per heavy atom. The molecule has 0 bridgehead atoms. The first kappa shape index (κ1) is 10.5. The summed E-state index contributed by atoms with van der Waals surface area (Å²) in [6, 6.07) is 7.13. The van der Waals surface area contributed by atoms with E-state index in [1.165, 1.54) is 22.9 Å². The Labute approximate surface area is 91.5 Å². The summed E-state index contributed by atoms with van der Waals surface area (Å²) < 4.78 is 14.1. The van der Waals surface area contributed by atoms with E-state index in [1.54, 1.807) is 12.1 Å². The van der Waals surface area contributed by atoms with Gasteiger partial charge < -0.3 is 5.73 Å². The molecule has 0 amide bonds. The summed E-state index contributed by atoms with van der Waals surface area (Å²) in [5.74, 6) is 0.0215. The molecule has 2 rings (SSSR count). The number of anilines is 1. The molecule has 0 aliphatic heterocycles. The predicted octanol–water partition coefficient (Wildman–Crippen LogP) is 1.51. The van der Waals surface area contributed by atoms with Crippen molar-refractivity contribution in [3.05, 3.63) is 52.1 Å². The van der Waals surface area contributed by atoms with E-state index in [2.05, 4.69) is 5.10 Å². The molecule has 2 aromatic rings. The van der Waals surface area contributed by atoms with Gasteiger partial charge in [-0.2, -0.15) is 0 Å². The van der Waals surface area contributed by atoms with Crippen LogP contribution in [-0.2, 0) is 0 Å². The maximum Gasteiger partial charge on any atom is 0.269 e. The maximum absolute atomic E-state index is 12.7. The average molecular weight is 221 g/mol. The van der Waals surface area contributed by atoms with Crippen LogP contribution < -0.4 is 11.3 Å². The van der Waals surface area contributed by atoms with E-state index in [9.17, 15) is 9.18 Å². The maximum atomic E-state index is 12.7. The summed E-state index contributed by atoms with van der Waals surface area (Å²) in [7, 11) is 0. The number of rotatable bonds is 2. The third kappa shape index (κ3) is 1.84. The first-order chi connectivity index (χ1) is 7.58. The average Bonchev–Trinajstić information content (AvgIpc) is 2.58. The SMILES string of the molecule is CC(c1ccc(F)cc1)n1[nH]c(N)cc1=O. The predicted molar refractivity (Wildman–Crippen MR) is 59.7 cm³/mol. The van der Waals surface area contributed by atoms with E-state index in [4.69, 9.17) is 5.73 Å². The van der Waals surface area contributed by atoms with Gasteiger partial charge in [-0.1, -0.05) is 12.1 Å². The van der Waals surface area contributed by atoms with Crippen LogP contribution in [0.15, 0.2) is 35.1 Å². The van der Waals surface area contributed by atoms with Crippen LogP contribution in [0.2, 0.25) is 0 Å². The molecule has 84 valence electrons. The highest BCUT2D eigenvalue weighted by Crippen LogP contribution is 2.16. The van der Waals surface area contributed by atoms with Crippen molar-refractivity contribution >= 4 is 5.82 Å². The van der Waals surface area contributed by atoms with Gasteiger partial charge in [0.15, 0.2) is 0 Å². The fourth-order valence-electron chi connectivity index (χ4n) is 1.61. The number of halogens is 1. The Bertz CT molecular complexity index is 541. The molecule has 0 radical (unpaired) electrons. The zero-order valence-electron chi connectivity index (χ0n) is 8.77. The van der Waals surface area contributed by atoms with Crippen LogP contribution >= 0.6 is 0 Å². The van der Waals surface area contributed by atoms with Gasteiger partial charge in [-0.05, 0) is 24.6 Å². The van der Waals surface area contributed by atoms with Crippen LogP contribution in [0.5, 0.6) is 0 Å². The number of nitrogen functional groups attached to an aromatic ring is 1. The second-order valence-corrected chi connectivity index (χ2v) is 3.65. The number of nitrogens with one attached hydrogen (secondary N) is 1. The van der Waals surface area contributed by atoms with E-state index < -0.39 is 0 Å². The number of aromatic amines is 1. The fraction of sp³-hybridized carbons (Fsp3) is 0.182. The molecule has 1 heterocycles. The topological polar surface area (TPSA) is 63.8 Å². The Kier molecular flexibility index (Phi) is 2.52. The standard InChI is InChI=1S/C11H12FN3O/c1-7(8-2-4-9(12)5-3-8)15-11(16)6-10(13)14-15/h2-7,14H,13H2,1H3. The molecule has 4 nitrogen and oxygen atoms in total. The van der Waals surface area contributed by atoms with Crippen molar-refractivity contribution in [2.75, 3.05) is 5.73 Å². The summed E-state index contributed by atoms with van der Waals surface area (Å²) in [6.07, 6.45) is 0. The molecule has 1 atom stereocenters. The molecule has 1 aromatic carbocycles. The number of aromatic nitrogens is 2. The molecular formula is C11H12FN3O. The molecule has 3 N–H and O–H groups in total. The lowest BCUT2D eigenvalue weighted by atomic mass is 10.1. The molecule has 5 heteroatoms. The van der Waals surface area contributed by atoms with Crippen molar-refractivity contribution in [1.82, 2.24) is 9.78 Å². The van der Waals surface area contributed by atoms with Gasteiger partial charge in [0, 0.05) is 6.07 Å². The highest BCUT2D eigenvalue weighted by Gasteiger charge is 2.11. The number of benzene rings is 1. The van der Waals surface area contributed by atoms with Gasteiger partial charge in [-0.25, -0.2) is 9.07 Å². The summed E-state index contributed by atoms with van der Waals surface area (Å²) >= 11 is 0. The normalized spacial score (nSPS) is 12.6. The molecule has 1 aromatic heterocycles. The molecule has 0 saturated heterocycles. The van der Waals surface area contributed by atoms with Crippen molar-refractivity contribution in [3.8, 4) is 0 Å². The summed E-state index contributed by atoms with van der Waals surface area (Å²) in [5, 5.41) is 2.75. The molecule has 16 heavy (non-hydrogen) atoms. The first-order valence-corrected chi connectivity index (χ1v) is 4.90. The second-order valence-electron chi connectivity index (χ2n) is 3.65. The molecular weight excluding hydrogens is 209 g/mol. The van der Waals surface area contributed by atoms with Crippen LogP contribution in [0.1, 0.15) is 18.5 Å². The number of nitrogens with two attached hydrogens (primary N) is 1. The molecule has 0 spiro atoms. The van der Waals surface area contributed by atoms with Gasteiger partial charge in [0.1, 0.15) is 11.6 Å². The van der Waals surface area contributed by atoms with E-state index in [0.29, 0.717) is 5.82 Å². The molecule has 0 saturated carbocycles. The van der Waals surface area contributed by atoms with Gasteiger partial charge in [-0.15, -0.1) is 0 Å². The zero-order chi connectivity index (χ0) is 11.7. The third-order valence-corrected chi connectivity index (χ3v) is 2.51. The van der Waals surface area contributed by atoms with Gasteiger partial charge >= 0.3 is 0 Å².